The van der Waals surface area contributed by atoms with Crippen LogP contribution in [0.2, 0.25) is 0 Å². The second-order valence-electron chi connectivity index (χ2n) is 4.40. The Morgan fingerprint density at radius 2 is 2.08 bits per heavy atom. The average Bonchev–Trinajstić information content (AvgIpc) is 1.92. The first-order valence-electron chi connectivity index (χ1n) is 4.63. The van der Waals surface area contributed by atoms with E-state index in [1.807, 2.05) is 20.8 Å². The summed E-state index contributed by atoms with van der Waals surface area (Å²) in [4.78, 5) is 11.1. The van der Waals surface area contributed by atoms with E-state index in [1.54, 1.807) is 0 Å². The molecule has 0 bridgehead atoms. The molecular weight excluding hydrogens is 172 g/mol. The number of halogens is 1. The lowest BCUT2D eigenvalue weighted by Crippen LogP contribution is -2.33. The normalized spacial score (nSPS) is 32.2. The second kappa shape index (κ2) is 3.37. The number of ketones is 1. The summed E-state index contributed by atoms with van der Waals surface area (Å²) in [5, 5.41) is 0. The first-order valence-corrected chi connectivity index (χ1v) is 5.00. The van der Waals surface area contributed by atoms with Crippen LogP contribution in [0.4, 0.5) is 0 Å². The lowest BCUT2D eigenvalue weighted by atomic mass is 9.76. The first-order chi connectivity index (χ1) is 5.41. The van der Waals surface area contributed by atoms with Crippen molar-refractivity contribution >= 4 is 17.4 Å². The van der Waals surface area contributed by atoms with Gasteiger partial charge in [-0.3, -0.25) is 4.79 Å². The van der Waals surface area contributed by atoms with E-state index < -0.39 is 0 Å². The number of carbonyl (C=O) groups is 1. The molecule has 0 aromatic rings. The maximum atomic E-state index is 11.2. The number of rotatable bonds is 1. The highest BCUT2D eigenvalue weighted by Gasteiger charge is 2.34. The van der Waals surface area contributed by atoms with Gasteiger partial charge in [-0.15, -0.1) is 11.6 Å². The minimum Gasteiger partial charge on any atom is -0.299 e. The molecule has 1 nitrogen and oxygen atoms in total. The van der Waals surface area contributed by atoms with Crippen molar-refractivity contribution in [2.45, 2.75) is 44.9 Å². The minimum atomic E-state index is -0.144. The predicted molar refractivity (Wildman–Crippen MR) is 51.4 cm³/mol. The summed E-state index contributed by atoms with van der Waals surface area (Å²) in [6, 6.07) is 0. The van der Waals surface area contributed by atoms with Gasteiger partial charge in [0.2, 0.25) is 0 Å². The van der Waals surface area contributed by atoms with Crippen molar-refractivity contribution in [1.82, 2.24) is 0 Å². The van der Waals surface area contributed by atoms with Crippen molar-refractivity contribution in [3.63, 3.8) is 0 Å². The molecule has 0 radical (unpaired) electrons. The van der Waals surface area contributed by atoms with Gasteiger partial charge in [-0.1, -0.05) is 6.92 Å². The quantitative estimate of drug-likeness (QED) is 0.579. The topological polar surface area (TPSA) is 17.1 Å². The first kappa shape index (κ1) is 10.0. The zero-order valence-corrected chi connectivity index (χ0v) is 8.82. The Morgan fingerprint density at radius 1 is 1.50 bits per heavy atom. The van der Waals surface area contributed by atoms with E-state index in [0.717, 1.165) is 19.3 Å². The lowest BCUT2D eigenvalue weighted by Gasteiger charge is -2.33. The zero-order chi connectivity index (χ0) is 9.35. The lowest BCUT2D eigenvalue weighted by molar-refractivity contribution is -0.125. The van der Waals surface area contributed by atoms with Gasteiger partial charge in [0, 0.05) is 17.2 Å². The fourth-order valence-electron chi connectivity index (χ4n) is 1.86. The van der Waals surface area contributed by atoms with Gasteiger partial charge in [0.15, 0.2) is 0 Å². The van der Waals surface area contributed by atoms with Crippen LogP contribution in [0.3, 0.4) is 0 Å². The zero-order valence-electron chi connectivity index (χ0n) is 8.06. The summed E-state index contributed by atoms with van der Waals surface area (Å²) in [5.74, 6) is 1.14. The van der Waals surface area contributed by atoms with Gasteiger partial charge < -0.3 is 0 Å². The van der Waals surface area contributed by atoms with Crippen molar-refractivity contribution in [3.8, 4) is 0 Å². The molecule has 0 aromatic carbocycles. The molecule has 0 amide bonds. The van der Waals surface area contributed by atoms with Crippen LogP contribution in [0, 0.1) is 11.8 Å². The van der Waals surface area contributed by atoms with Crippen LogP contribution in [0.25, 0.3) is 0 Å². The molecule has 0 aromatic heterocycles. The van der Waals surface area contributed by atoms with Gasteiger partial charge in [-0.25, -0.2) is 0 Å². The highest BCUT2D eigenvalue weighted by molar-refractivity contribution is 6.23. The largest absolute Gasteiger partial charge is 0.299 e. The Bertz CT molecular complexity index is 181. The summed E-state index contributed by atoms with van der Waals surface area (Å²) < 4.78 is 0. The number of hydrogen-bond acceptors (Lipinski definition) is 1. The summed E-state index contributed by atoms with van der Waals surface area (Å²) >= 11 is 6.21. The van der Waals surface area contributed by atoms with Crippen molar-refractivity contribution in [2.75, 3.05) is 0 Å². The fraction of sp³-hybridized carbons (Fsp3) is 0.900. The molecule has 0 saturated heterocycles. The van der Waals surface area contributed by atoms with E-state index in [-0.39, 0.29) is 10.8 Å². The van der Waals surface area contributed by atoms with Gasteiger partial charge in [0.1, 0.15) is 5.78 Å². The molecule has 1 fully saturated rings. The molecule has 2 atom stereocenters. The van der Waals surface area contributed by atoms with Gasteiger partial charge in [0.25, 0.3) is 0 Å². The molecule has 1 saturated carbocycles. The van der Waals surface area contributed by atoms with E-state index in [0.29, 0.717) is 11.7 Å². The average molecular weight is 189 g/mol. The Morgan fingerprint density at radius 3 is 2.50 bits per heavy atom. The number of hydrogen-bond donors (Lipinski definition) is 0. The maximum Gasteiger partial charge on any atom is 0.135 e. The van der Waals surface area contributed by atoms with Gasteiger partial charge in [-0.05, 0) is 32.6 Å². The van der Waals surface area contributed by atoms with E-state index in [4.69, 9.17) is 11.6 Å². The van der Waals surface area contributed by atoms with E-state index in [9.17, 15) is 4.79 Å². The fourth-order valence-corrected chi connectivity index (χ4v) is 2.06. The van der Waals surface area contributed by atoms with Crippen molar-refractivity contribution in [2.24, 2.45) is 11.8 Å². The third-order valence-electron chi connectivity index (χ3n) is 2.90. The highest BCUT2D eigenvalue weighted by Crippen LogP contribution is 2.37. The summed E-state index contributed by atoms with van der Waals surface area (Å²) in [5.41, 5.74) is 0. The monoisotopic (exact) mass is 188 g/mol. The van der Waals surface area contributed by atoms with Crippen LogP contribution in [-0.2, 0) is 4.79 Å². The molecule has 2 heteroatoms. The Balaban J connectivity index is 2.57. The summed E-state index contributed by atoms with van der Waals surface area (Å²) in [6.45, 7) is 6.10. The molecule has 1 aliphatic rings. The van der Waals surface area contributed by atoms with Crippen molar-refractivity contribution in [1.29, 1.82) is 0 Å². The smallest absolute Gasteiger partial charge is 0.135 e. The summed E-state index contributed by atoms with van der Waals surface area (Å²) in [7, 11) is 0. The maximum absolute atomic E-state index is 11.2. The standard InChI is InChI=1S/C10H17ClO/c1-7-6-8(10(2,3)11)4-5-9(7)12/h7-8H,4-6H2,1-3H3. The Labute approximate surface area is 79.5 Å². The van der Waals surface area contributed by atoms with Crippen molar-refractivity contribution < 1.29 is 4.79 Å². The molecule has 0 heterocycles. The highest BCUT2D eigenvalue weighted by atomic mass is 35.5. The molecular formula is C10H17ClO. The molecule has 70 valence electrons. The van der Waals surface area contributed by atoms with Crippen LogP contribution in [0.1, 0.15) is 40.0 Å². The minimum absolute atomic E-state index is 0.144. The van der Waals surface area contributed by atoms with Crippen LogP contribution in [-0.4, -0.2) is 10.7 Å². The molecule has 1 aliphatic carbocycles. The number of alkyl halides is 1. The predicted octanol–water partition coefficient (Wildman–Crippen LogP) is 3.01. The molecule has 0 N–H and O–H groups in total. The van der Waals surface area contributed by atoms with Gasteiger partial charge in [0.05, 0.1) is 0 Å². The number of Topliss-reactive ketones (excluding diaryl/α,β-unsaturated/α-hetero) is 1. The SMILES string of the molecule is CC1CC(C(C)(C)Cl)CCC1=O. The molecule has 0 aliphatic heterocycles. The Hall–Kier alpha value is -0.0400. The van der Waals surface area contributed by atoms with Crippen LogP contribution >= 0.6 is 11.6 Å². The van der Waals surface area contributed by atoms with E-state index >= 15 is 0 Å². The second-order valence-corrected chi connectivity index (χ2v) is 5.38. The van der Waals surface area contributed by atoms with Gasteiger partial charge in [-0.2, -0.15) is 0 Å². The molecule has 12 heavy (non-hydrogen) atoms. The molecule has 2 unspecified atom stereocenters. The third kappa shape index (κ3) is 2.22. The molecule has 0 spiro atoms. The van der Waals surface area contributed by atoms with Gasteiger partial charge >= 0.3 is 0 Å². The Kier molecular flexibility index (Phi) is 2.82. The van der Waals surface area contributed by atoms with Crippen molar-refractivity contribution in [3.05, 3.63) is 0 Å². The van der Waals surface area contributed by atoms with Crippen LogP contribution < -0.4 is 0 Å². The van der Waals surface area contributed by atoms with Crippen LogP contribution in [0.5, 0.6) is 0 Å². The van der Waals surface area contributed by atoms with Crippen LogP contribution in [0.15, 0.2) is 0 Å². The third-order valence-corrected chi connectivity index (χ3v) is 3.21. The summed E-state index contributed by atoms with van der Waals surface area (Å²) in [6.07, 6.45) is 2.66. The number of carbonyl (C=O) groups excluding carboxylic acids is 1. The van der Waals surface area contributed by atoms with E-state index in [2.05, 4.69) is 0 Å². The van der Waals surface area contributed by atoms with E-state index in [1.165, 1.54) is 0 Å². The molecule has 1 rings (SSSR count).